The lowest BCUT2D eigenvalue weighted by molar-refractivity contribution is -0.132. The molecule has 1 N–H and O–H groups in total. The smallest absolute Gasteiger partial charge is 0.265 e. The highest BCUT2D eigenvalue weighted by Gasteiger charge is 2.25. The standard InChI is InChI=1S/C22H27ClN4O3S/c1-3-26(4-2)20(28)15-25-9-11-27(12-10-25)22(30)16-7-8-17(23)18(14-16)24-21(29)19-6-5-13-31-19/h5-8,13-14H,3-4,9-12,15H2,1-2H3,(H,24,29). The first-order chi connectivity index (χ1) is 14.9. The van der Waals surface area contributed by atoms with Crippen molar-refractivity contribution in [3.05, 3.63) is 51.2 Å². The van der Waals surface area contributed by atoms with Crippen LogP contribution in [0.5, 0.6) is 0 Å². The maximum Gasteiger partial charge on any atom is 0.265 e. The van der Waals surface area contributed by atoms with Crippen molar-refractivity contribution in [3.63, 3.8) is 0 Å². The number of nitrogens with zero attached hydrogens (tertiary/aromatic N) is 3. The molecule has 0 atom stereocenters. The van der Waals surface area contributed by atoms with E-state index in [1.54, 1.807) is 35.2 Å². The van der Waals surface area contributed by atoms with Crippen LogP contribution in [0, 0.1) is 0 Å². The first kappa shape index (κ1) is 23.2. The number of likely N-dealkylation sites (N-methyl/N-ethyl adjacent to an activating group) is 1. The van der Waals surface area contributed by atoms with Crippen LogP contribution in [0.1, 0.15) is 33.9 Å². The van der Waals surface area contributed by atoms with Crippen molar-refractivity contribution in [3.8, 4) is 0 Å². The number of thiophene rings is 1. The van der Waals surface area contributed by atoms with Crippen LogP contribution in [-0.4, -0.2) is 78.2 Å². The SMILES string of the molecule is CCN(CC)C(=O)CN1CCN(C(=O)c2ccc(Cl)c(NC(=O)c3cccs3)c2)CC1. The Hall–Kier alpha value is -2.42. The van der Waals surface area contributed by atoms with E-state index in [0.717, 1.165) is 0 Å². The minimum atomic E-state index is -0.256. The van der Waals surface area contributed by atoms with Gasteiger partial charge in [0.25, 0.3) is 11.8 Å². The zero-order chi connectivity index (χ0) is 22.4. The normalized spacial score (nSPS) is 14.4. The molecule has 1 aliphatic rings. The molecule has 0 aliphatic carbocycles. The third kappa shape index (κ3) is 5.84. The molecule has 0 saturated carbocycles. The molecular formula is C22H27ClN4O3S. The molecule has 0 spiro atoms. The van der Waals surface area contributed by atoms with Gasteiger partial charge < -0.3 is 15.1 Å². The number of hydrogen-bond donors (Lipinski definition) is 1. The van der Waals surface area contributed by atoms with E-state index >= 15 is 0 Å². The number of amides is 3. The van der Waals surface area contributed by atoms with Crippen molar-refractivity contribution in [1.29, 1.82) is 0 Å². The van der Waals surface area contributed by atoms with Crippen LogP contribution in [0.15, 0.2) is 35.7 Å². The Kier molecular flexibility index (Phi) is 8.06. The molecular weight excluding hydrogens is 436 g/mol. The van der Waals surface area contributed by atoms with Crippen molar-refractivity contribution < 1.29 is 14.4 Å². The first-order valence-corrected chi connectivity index (χ1v) is 11.6. The van der Waals surface area contributed by atoms with Crippen LogP contribution in [-0.2, 0) is 4.79 Å². The predicted octanol–water partition coefficient (Wildman–Crippen LogP) is 3.28. The number of hydrogen-bond acceptors (Lipinski definition) is 5. The molecule has 166 valence electrons. The number of halogens is 1. The molecule has 2 heterocycles. The minimum absolute atomic E-state index is 0.113. The number of piperazine rings is 1. The highest BCUT2D eigenvalue weighted by molar-refractivity contribution is 7.12. The molecule has 0 radical (unpaired) electrons. The molecule has 3 amide bonds. The molecule has 1 aliphatic heterocycles. The van der Waals surface area contributed by atoms with E-state index in [4.69, 9.17) is 11.6 Å². The lowest BCUT2D eigenvalue weighted by atomic mass is 10.1. The fourth-order valence-corrected chi connectivity index (χ4v) is 4.29. The summed E-state index contributed by atoms with van der Waals surface area (Å²) in [5.41, 5.74) is 0.882. The number of anilines is 1. The third-order valence-corrected chi connectivity index (χ3v) is 6.54. The predicted molar refractivity (Wildman–Crippen MR) is 124 cm³/mol. The van der Waals surface area contributed by atoms with Gasteiger partial charge in [0.15, 0.2) is 0 Å². The summed E-state index contributed by atoms with van der Waals surface area (Å²) in [5, 5.41) is 4.98. The average Bonchev–Trinajstić information content (AvgIpc) is 3.31. The van der Waals surface area contributed by atoms with Crippen LogP contribution in [0.2, 0.25) is 5.02 Å². The largest absolute Gasteiger partial charge is 0.342 e. The molecule has 3 rings (SSSR count). The van der Waals surface area contributed by atoms with Crippen LogP contribution < -0.4 is 5.32 Å². The Labute approximate surface area is 191 Å². The monoisotopic (exact) mass is 462 g/mol. The van der Waals surface area contributed by atoms with E-state index in [-0.39, 0.29) is 17.7 Å². The molecule has 1 aromatic heterocycles. The van der Waals surface area contributed by atoms with Gasteiger partial charge in [-0.05, 0) is 43.5 Å². The topological polar surface area (TPSA) is 73.0 Å². The molecule has 9 heteroatoms. The van der Waals surface area contributed by atoms with Crippen LogP contribution >= 0.6 is 22.9 Å². The van der Waals surface area contributed by atoms with Crippen molar-refractivity contribution >= 4 is 46.3 Å². The molecule has 0 bridgehead atoms. The number of benzene rings is 1. The quantitative estimate of drug-likeness (QED) is 0.685. The number of carbonyl (C=O) groups excluding carboxylic acids is 3. The Morgan fingerprint density at radius 2 is 1.81 bits per heavy atom. The van der Waals surface area contributed by atoms with E-state index in [9.17, 15) is 14.4 Å². The number of rotatable bonds is 7. The van der Waals surface area contributed by atoms with E-state index in [1.807, 2.05) is 24.1 Å². The van der Waals surface area contributed by atoms with Crippen molar-refractivity contribution in [1.82, 2.24) is 14.7 Å². The summed E-state index contributed by atoms with van der Waals surface area (Å²) in [4.78, 5) is 43.9. The molecule has 0 unspecified atom stereocenters. The lowest BCUT2D eigenvalue weighted by Crippen LogP contribution is -2.51. The zero-order valence-electron chi connectivity index (χ0n) is 17.8. The molecule has 1 fully saturated rings. The maximum absolute atomic E-state index is 13.0. The first-order valence-electron chi connectivity index (χ1n) is 10.4. The van der Waals surface area contributed by atoms with Crippen molar-refractivity contribution in [2.24, 2.45) is 0 Å². The average molecular weight is 463 g/mol. The molecule has 1 saturated heterocycles. The molecule has 7 nitrogen and oxygen atoms in total. The highest BCUT2D eigenvalue weighted by Crippen LogP contribution is 2.25. The second kappa shape index (κ2) is 10.7. The molecule has 2 aromatic rings. The Balaban J connectivity index is 1.59. The summed E-state index contributed by atoms with van der Waals surface area (Å²) in [6.45, 7) is 8.12. The van der Waals surface area contributed by atoms with Gasteiger partial charge in [0.1, 0.15) is 0 Å². The Morgan fingerprint density at radius 3 is 2.42 bits per heavy atom. The number of nitrogens with one attached hydrogen (secondary N) is 1. The van der Waals surface area contributed by atoms with Gasteiger partial charge in [-0.15, -0.1) is 11.3 Å². The van der Waals surface area contributed by atoms with E-state index in [1.165, 1.54) is 11.3 Å². The van der Waals surface area contributed by atoms with Crippen LogP contribution in [0.25, 0.3) is 0 Å². The fraction of sp³-hybridized carbons (Fsp3) is 0.409. The van der Waals surface area contributed by atoms with Gasteiger partial charge >= 0.3 is 0 Å². The third-order valence-electron chi connectivity index (χ3n) is 5.34. The van der Waals surface area contributed by atoms with Gasteiger partial charge in [-0.1, -0.05) is 17.7 Å². The van der Waals surface area contributed by atoms with E-state index in [0.29, 0.717) is 67.0 Å². The minimum Gasteiger partial charge on any atom is -0.342 e. The van der Waals surface area contributed by atoms with Crippen LogP contribution in [0.3, 0.4) is 0 Å². The summed E-state index contributed by atoms with van der Waals surface area (Å²) in [6.07, 6.45) is 0. The molecule has 31 heavy (non-hydrogen) atoms. The maximum atomic E-state index is 13.0. The zero-order valence-corrected chi connectivity index (χ0v) is 19.3. The van der Waals surface area contributed by atoms with Gasteiger partial charge in [0.2, 0.25) is 5.91 Å². The molecule has 1 aromatic carbocycles. The van der Waals surface area contributed by atoms with Crippen molar-refractivity contribution in [2.75, 3.05) is 51.1 Å². The second-order valence-electron chi connectivity index (χ2n) is 7.26. The summed E-state index contributed by atoms with van der Waals surface area (Å²) in [7, 11) is 0. The van der Waals surface area contributed by atoms with Gasteiger partial charge in [0, 0.05) is 44.8 Å². The van der Waals surface area contributed by atoms with Gasteiger partial charge in [-0.3, -0.25) is 19.3 Å². The van der Waals surface area contributed by atoms with Gasteiger partial charge in [0.05, 0.1) is 22.1 Å². The summed E-state index contributed by atoms with van der Waals surface area (Å²) < 4.78 is 0. The van der Waals surface area contributed by atoms with E-state index < -0.39 is 0 Å². The van der Waals surface area contributed by atoms with Crippen molar-refractivity contribution in [2.45, 2.75) is 13.8 Å². The van der Waals surface area contributed by atoms with Gasteiger partial charge in [-0.2, -0.15) is 0 Å². The Morgan fingerprint density at radius 1 is 1.10 bits per heavy atom. The van der Waals surface area contributed by atoms with E-state index in [2.05, 4.69) is 10.2 Å². The fourth-order valence-electron chi connectivity index (χ4n) is 3.51. The van der Waals surface area contributed by atoms with Crippen LogP contribution in [0.4, 0.5) is 5.69 Å². The lowest BCUT2D eigenvalue weighted by Gasteiger charge is -2.35. The number of carbonyl (C=O) groups is 3. The highest BCUT2D eigenvalue weighted by atomic mass is 35.5. The summed E-state index contributed by atoms with van der Waals surface area (Å²) >= 11 is 7.57. The second-order valence-corrected chi connectivity index (χ2v) is 8.62. The summed E-state index contributed by atoms with van der Waals surface area (Å²) in [6, 6.07) is 8.44. The van der Waals surface area contributed by atoms with Gasteiger partial charge in [-0.25, -0.2) is 0 Å². The summed E-state index contributed by atoms with van der Waals surface area (Å²) in [5.74, 6) is -0.250. The Bertz CT molecular complexity index is 923.